The zero-order valence-electron chi connectivity index (χ0n) is 35.5. The summed E-state index contributed by atoms with van der Waals surface area (Å²) in [5, 5.41) is 33.6. The molecule has 0 saturated heterocycles. The van der Waals surface area contributed by atoms with E-state index in [9.17, 15) is 20.1 Å². The van der Waals surface area contributed by atoms with Gasteiger partial charge in [0.15, 0.2) is 0 Å². The van der Waals surface area contributed by atoms with E-state index in [2.05, 4.69) is 19.2 Å². The van der Waals surface area contributed by atoms with Gasteiger partial charge in [0.25, 0.3) is 0 Å². The van der Waals surface area contributed by atoms with E-state index in [-0.39, 0.29) is 12.5 Å². The van der Waals surface area contributed by atoms with Crippen LogP contribution in [0.4, 0.5) is 0 Å². The monoisotopic (exact) mass is 738 g/mol. The maximum absolute atomic E-state index is 12.4. The minimum atomic E-state index is -1.13. The van der Waals surface area contributed by atoms with Crippen molar-refractivity contribution in [2.45, 2.75) is 289 Å². The highest BCUT2D eigenvalue weighted by molar-refractivity contribution is 5.76. The molecular formula is C47H95NO4. The third-order valence-corrected chi connectivity index (χ3v) is 11.5. The molecule has 0 fully saturated rings. The van der Waals surface area contributed by atoms with Crippen LogP contribution in [0.25, 0.3) is 0 Å². The van der Waals surface area contributed by atoms with Crippen LogP contribution in [0.5, 0.6) is 0 Å². The summed E-state index contributed by atoms with van der Waals surface area (Å²) in [4.78, 5) is 12.4. The van der Waals surface area contributed by atoms with E-state index >= 15 is 0 Å². The fourth-order valence-electron chi connectivity index (χ4n) is 7.75. The fraction of sp³-hybridized carbons (Fsp3) is 0.979. The molecule has 0 aromatic rings. The molecule has 0 radical (unpaired) electrons. The molecule has 3 unspecified atom stereocenters. The zero-order chi connectivity index (χ0) is 38.0. The Balaban J connectivity index is 3.51. The van der Waals surface area contributed by atoms with Crippen molar-refractivity contribution in [3.63, 3.8) is 0 Å². The molecule has 52 heavy (non-hydrogen) atoms. The zero-order valence-corrected chi connectivity index (χ0v) is 35.5. The Hall–Kier alpha value is -0.650. The highest BCUT2D eigenvalue weighted by Gasteiger charge is 2.26. The lowest BCUT2D eigenvalue weighted by Gasteiger charge is -2.26. The topological polar surface area (TPSA) is 89.8 Å². The quantitative estimate of drug-likeness (QED) is 0.0469. The number of carbonyl (C=O) groups excluding carboxylic acids is 1. The highest BCUT2D eigenvalue weighted by atomic mass is 16.3. The largest absolute Gasteiger partial charge is 0.394 e. The molecule has 0 aliphatic carbocycles. The van der Waals surface area contributed by atoms with E-state index in [0.717, 1.165) is 32.1 Å². The van der Waals surface area contributed by atoms with Gasteiger partial charge in [0, 0.05) is 6.42 Å². The molecule has 0 aliphatic heterocycles. The Morgan fingerprint density at radius 3 is 0.923 bits per heavy atom. The molecule has 1 amide bonds. The van der Waals surface area contributed by atoms with E-state index in [1.807, 2.05) is 0 Å². The number of aliphatic hydroxyl groups is 3. The first-order valence-corrected chi connectivity index (χ1v) is 23.8. The van der Waals surface area contributed by atoms with Crippen LogP contribution in [0.3, 0.4) is 0 Å². The number of unbranched alkanes of at least 4 members (excludes halogenated alkanes) is 36. The van der Waals surface area contributed by atoms with Crippen molar-refractivity contribution in [2.75, 3.05) is 6.61 Å². The fourth-order valence-corrected chi connectivity index (χ4v) is 7.75. The third kappa shape index (κ3) is 37.7. The number of aliphatic hydroxyl groups excluding tert-OH is 3. The molecule has 5 nitrogen and oxygen atoms in total. The Kier molecular flexibility index (Phi) is 42.5. The van der Waals surface area contributed by atoms with Gasteiger partial charge in [-0.05, 0) is 12.8 Å². The average Bonchev–Trinajstić information content (AvgIpc) is 3.15. The van der Waals surface area contributed by atoms with Crippen LogP contribution in [0.2, 0.25) is 0 Å². The first-order valence-electron chi connectivity index (χ1n) is 23.8. The van der Waals surface area contributed by atoms with Crippen LogP contribution in [0.15, 0.2) is 0 Å². The van der Waals surface area contributed by atoms with Gasteiger partial charge in [0.1, 0.15) is 6.10 Å². The summed E-state index contributed by atoms with van der Waals surface area (Å²) in [5.41, 5.74) is 0. The number of hydrogen-bond donors (Lipinski definition) is 4. The molecule has 0 saturated carbocycles. The SMILES string of the molecule is CCCCCCCCCCCCCCCCCCCCCCCCCCCC(=O)NC(CO)C(O)C(O)CCCCCCCCCCCCCCC. The molecule has 0 heterocycles. The minimum Gasteiger partial charge on any atom is -0.394 e. The summed E-state index contributed by atoms with van der Waals surface area (Å²) in [7, 11) is 0. The molecule has 0 bridgehead atoms. The van der Waals surface area contributed by atoms with Crippen molar-refractivity contribution in [2.24, 2.45) is 0 Å². The maximum Gasteiger partial charge on any atom is 0.220 e. The Labute approximate surface area is 326 Å². The van der Waals surface area contributed by atoms with E-state index in [1.165, 1.54) is 212 Å². The molecule has 0 rings (SSSR count). The normalized spacial score (nSPS) is 13.4. The van der Waals surface area contributed by atoms with Crippen LogP contribution in [-0.4, -0.2) is 46.1 Å². The predicted molar refractivity (Wildman–Crippen MR) is 227 cm³/mol. The van der Waals surface area contributed by atoms with Gasteiger partial charge in [-0.1, -0.05) is 251 Å². The minimum absolute atomic E-state index is 0.139. The summed E-state index contributed by atoms with van der Waals surface area (Å²) >= 11 is 0. The van der Waals surface area contributed by atoms with Crippen LogP contribution < -0.4 is 5.32 Å². The van der Waals surface area contributed by atoms with E-state index in [4.69, 9.17) is 0 Å². The molecule has 0 aromatic carbocycles. The predicted octanol–water partition coefficient (Wildman–Crippen LogP) is 13.8. The lowest BCUT2D eigenvalue weighted by Crippen LogP contribution is -2.50. The first-order chi connectivity index (χ1) is 25.6. The second-order valence-electron chi connectivity index (χ2n) is 16.7. The van der Waals surface area contributed by atoms with Crippen molar-refractivity contribution in [3.05, 3.63) is 0 Å². The van der Waals surface area contributed by atoms with Gasteiger partial charge < -0.3 is 20.6 Å². The standard InChI is InChI=1S/C47H95NO4/c1-3-5-7-9-11-13-15-17-18-19-20-21-22-23-24-25-26-27-28-30-32-34-36-38-40-42-46(51)48-44(43-49)47(52)45(50)41-39-37-35-33-31-29-16-14-12-10-8-6-4-2/h44-45,47,49-50,52H,3-43H2,1-2H3,(H,48,51). The maximum atomic E-state index is 12.4. The molecule has 0 aliphatic rings. The lowest BCUT2D eigenvalue weighted by molar-refractivity contribution is -0.124. The van der Waals surface area contributed by atoms with Gasteiger partial charge in [-0.3, -0.25) is 4.79 Å². The molecule has 0 aromatic heterocycles. The van der Waals surface area contributed by atoms with Crippen LogP contribution in [0, 0.1) is 0 Å². The van der Waals surface area contributed by atoms with Crippen molar-refractivity contribution >= 4 is 5.91 Å². The number of nitrogens with one attached hydrogen (secondary N) is 1. The van der Waals surface area contributed by atoms with Gasteiger partial charge in [-0.25, -0.2) is 0 Å². The van der Waals surface area contributed by atoms with Crippen molar-refractivity contribution in [3.8, 4) is 0 Å². The average molecular weight is 738 g/mol. The summed E-state index contributed by atoms with van der Waals surface area (Å²) in [6, 6.07) is -0.802. The highest BCUT2D eigenvalue weighted by Crippen LogP contribution is 2.17. The Bertz CT molecular complexity index is 688. The van der Waals surface area contributed by atoms with Crippen LogP contribution >= 0.6 is 0 Å². The Morgan fingerprint density at radius 2 is 0.654 bits per heavy atom. The van der Waals surface area contributed by atoms with E-state index < -0.39 is 18.2 Å². The van der Waals surface area contributed by atoms with Gasteiger partial charge in [0.2, 0.25) is 5.91 Å². The summed E-state index contributed by atoms with van der Waals surface area (Å²) in [5.74, 6) is -0.139. The van der Waals surface area contributed by atoms with E-state index in [1.54, 1.807) is 0 Å². The van der Waals surface area contributed by atoms with Gasteiger partial charge in [-0.2, -0.15) is 0 Å². The molecular weight excluding hydrogens is 643 g/mol. The van der Waals surface area contributed by atoms with Crippen molar-refractivity contribution in [1.29, 1.82) is 0 Å². The number of carbonyl (C=O) groups is 1. The van der Waals surface area contributed by atoms with Gasteiger partial charge in [0.05, 0.1) is 18.8 Å². The second kappa shape index (κ2) is 43.1. The van der Waals surface area contributed by atoms with Gasteiger partial charge >= 0.3 is 0 Å². The molecule has 312 valence electrons. The van der Waals surface area contributed by atoms with Crippen LogP contribution in [-0.2, 0) is 4.79 Å². The van der Waals surface area contributed by atoms with Crippen molar-refractivity contribution in [1.82, 2.24) is 5.32 Å². The smallest absolute Gasteiger partial charge is 0.220 e. The van der Waals surface area contributed by atoms with Gasteiger partial charge in [-0.15, -0.1) is 0 Å². The number of amides is 1. The lowest BCUT2D eigenvalue weighted by atomic mass is 9.99. The summed E-state index contributed by atoms with van der Waals surface area (Å²) in [6.07, 6.45) is 49.4. The second-order valence-corrected chi connectivity index (χ2v) is 16.7. The molecule has 0 spiro atoms. The Morgan fingerprint density at radius 1 is 0.404 bits per heavy atom. The summed E-state index contributed by atoms with van der Waals surface area (Å²) < 4.78 is 0. The first kappa shape index (κ1) is 51.4. The van der Waals surface area contributed by atoms with Crippen molar-refractivity contribution < 1.29 is 20.1 Å². The summed E-state index contributed by atoms with van der Waals surface area (Å²) in [6.45, 7) is 4.20. The number of rotatable bonds is 44. The molecule has 3 atom stereocenters. The molecule has 4 N–H and O–H groups in total. The third-order valence-electron chi connectivity index (χ3n) is 11.5. The molecule has 5 heteroatoms. The van der Waals surface area contributed by atoms with E-state index in [0.29, 0.717) is 12.8 Å². The number of hydrogen-bond acceptors (Lipinski definition) is 4. The van der Waals surface area contributed by atoms with Crippen LogP contribution in [0.1, 0.15) is 271 Å².